The summed E-state index contributed by atoms with van der Waals surface area (Å²) in [6, 6.07) is 16.1. The van der Waals surface area contributed by atoms with Crippen molar-refractivity contribution in [1.29, 1.82) is 0 Å². The lowest BCUT2D eigenvalue weighted by Gasteiger charge is -2.32. The Labute approximate surface area is 231 Å². The minimum absolute atomic E-state index is 0.152. The van der Waals surface area contributed by atoms with E-state index in [0.717, 1.165) is 40.0 Å². The molecule has 0 bridgehead atoms. The summed E-state index contributed by atoms with van der Waals surface area (Å²) in [6.07, 6.45) is 0.0967. The van der Waals surface area contributed by atoms with Gasteiger partial charge in [0.05, 0.1) is 19.3 Å². The normalized spacial score (nSPS) is 20.0. The van der Waals surface area contributed by atoms with Gasteiger partial charge >= 0.3 is 12.1 Å². The van der Waals surface area contributed by atoms with E-state index in [1.807, 2.05) is 43.3 Å². The first-order valence-corrected chi connectivity index (χ1v) is 13.0. The molecule has 2 aromatic carbocycles. The van der Waals surface area contributed by atoms with Crippen LogP contribution in [0, 0.1) is 5.92 Å². The van der Waals surface area contributed by atoms with E-state index in [0.29, 0.717) is 34.8 Å². The monoisotopic (exact) mass is 546 g/mol. The Morgan fingerprint density at radius 3 is 2.52 bits per heavy atom. The van der Waals surface area contributed by atoms with Crippen LogP contribution in [-0.2, 0) is 15.7 Å². The zero-order valence-corrected chi connectivity index (χ0v) is 22.5. The van der Waals surface area contributed by atoms with E-state index < -0.39 is 11.7 Å². The number of allylic oxidation sites excluding steroid dienone is 5. The van der Waals surface area contributed by atoms with E-state index in [1.165, 1.54) is 6.07 Å². The minimum Gasteiger partial charge on any atom is -0.497 e. The van der Waals surface area contributed by atoms with Crippen LogP contribution in [0.5, 0.6) is 5.75 Å². The molecular weight excluding hydrogens is 517 g/mol. The highest BCUT2D eigenvalue weighted by Gasteiger charge is 2.43. The van der Waals surface area contributed by atoms with Gasteiger partial charge in [-0.1, -0.05) is 42.5 Å². The quantitative estimate of drug-likeness (QED) is 0.291. The second kappa shape index (κ2) is 10.7. The summed E-state index contributed by atoms with van der Waals surface area (Å²) in [4.78, 5) is 13.1. The molecule has 2 aliphatic rings. The lowest BCUT2D eigenvalue weighted by Crippen LogP contribution is -2.25. The predicted octanol–water partition coefficient (Wildman–Crippen LogP) is 8.54. The van der Waals surface area contributed by atoms with Gasteiger partial charge in [0.1, 0.15) is 17.3 Å². The molecule has 2 atom stereocenters. The molecule has 3 aromatic rings. The number of furan rings is 1. The fraction of sp³-hybridized carbons (Fsp3) is 0.242. The highest BCUT2D eigenvalue weighted by atomic mass is 19.4. The van der Waals surface area contributed by atoms with Crippen molar-refractivity contribution in [3.63, 3.8) is 0 Å². The fourth-order valence-corrected chi connectivity index (χ4v) is 5.61. The highest BCUT2D eigenvalue weighted by Crippen LogP contribution is 2.54. The summed E-state index contributed by atoms with van der Waals surface area (Å²) in [6.45, 7) is 8.39. The van der Waals surface area contributed by atoms with Crippen LogP contribution in [0.25, 0.3) is 17.4 Å². The lowest BCUT2D eigenvalue weighted by atomic mass is 9.71. The van der Waals surface area contributed by atoms with Crippen LogP contribution in [0.4, 0.5) is 13.2 Å². The number of hydrogen-bond acceptors (Lipinski definition) is 4. The van der Waals surface area contributed by atoms with Gasteiger partial charge in [-0.05, 0) is 85.0 Å². The van der Waals surface area contributed by atoms with Crippen LogP contribution in [0.15, 0.2) is 106 Å². The molecule has 2 aliphatic carbocycles. The summed E-state index contributed by atoms with van der Waals surface area (Å²) in [7, 11) is 1.60. The Hall–Kier alpha value is -4.26. The molecule has 2 unspecified atom stereocenters. The largest absolute Gasteiger partial charge is 0.497 e. The summed E-state index contributed by atoms with van der Waals surface area (Å²) >= 11 is 0. The van der Waals surface area contributed by atoms with Gasteiger partial charge in [0, 0.05) is 23.0 Å². The number of esters is 1. The maximum Gasteiger partial charge on any atom is 0.416 e. The number of methoxy groups -OCH3 is 1. The molecule has 1 saturated carbocycles. The van der Waals surface area contributed by atoms with E-state index in [-0.39, 0.29) is 24.4 Å². The zero-order valence-electron chi connectivity index (χ0n) is 22.5. The number of benzene rings is 2. The molecule has 0 amide bonds. The van der Waals surface area contributed by atoms with E-state index in [9.17, 15) is 18.0 Å². The number of halogens is 3. The topological polar surface area (TPSA) is 48.7 Å². The maximum absolute atomic E-state index is 13.2. The van der Waals surface area contributed by atoms with E-state index in [1.54, 1.807) is 32.2 Å². The van der Waals surface area contributed by atoms with Crippen molar-refractivity contribution in [1.82, 2.24) is 0 Å². The Kier molecular flexibility index (Phi) is 7.32. The first kappa shape index (κ1) is 27.3. The molecule has 0 N–H and O–H groups in total. The molecule has 1 aromatic heterocycles. The highest BCUT2D eigenvalue weighted by molar-refractivity contribution is 5.93. The van der Waals surface area contributed by atoms with E-state index in [4.69, 9.17) is 13.9 Å². The SMILES string of the molecule is C=C1/C(=C\c2ccc(-c3cccc(C(F)(F)F)c3)o2)CC2=CC(C)=C(C(=O)OCC)C(c3ccc(OC)cc3)C12. The van der Waals surface area contributed by atoms with Crippen LogP contribution >= 0.6 is 0 Å². The van der Waals surface area contributed by atoms with Gasteiger partial charge in [-0.3, -0.25) is 0 Å². The molecule has 1 fully saturated rings. The number of hydrogen-bond donors (Lipinski definition) is 0. The molecule has 1 heterocycles. The summed E-state index contributed by atoms with van der Waals surface area (Å²) in [5.41, 5.74) is 4.96. The lowest BCUT2D eigenvalue weighted by molar-refractivity contribution is -0.139. The van der Waals surface area contributed by atoms with Crippen molar-refractivity contribution in [3.8, 4) is 17.1 Å². The molecule has 206 valence electrons. The number of rotatable bonds is 6. The molecule has 7 heteroatoms. The Balaban J connectivity index is 1.49. The summed E-state index contributed by atoms with van der Waals surface area (Å²) in [5, 5.41) is 0. The predicted molar refractivity (Wildman–Crippen MR) is 148 cm³/mol. The van der Waals surface area contributed by atoms with Gasteiger partial charge in [0.2, 0.25) is 0 Å². The standard InChI is InChI=1S/C33H29F3O4/c1-5-39-32(37)29-19(2)15-24-16-23(20(3)30(24)31(29)21-9-11-26(38-4)12-10-21)18-27-13-14-28(40-27)22-7-6-8-25(17-22)33(34,35)36/h6-15,17-18,30-31H,3,5,16H2,1-2,4H3/b23-18-. The van der Waals surface area contributed by atoms with Gasteiger partial charge in [0.15, 0.2) is 0 Å². The van der Waals surface area contributed by atoms with Gasteiger partial charge in [-0.25, -0.2) is 4.79 Å². The molecule has 0 radical (unpaired) electrons. The van der Waals surface area contributed by atoms with Crippen LogP contribution in [0.2, 0.25) is 0 Å². The smallest absolute Gasteiger partial charge is 0.416 e. The third-order valence-corrected chi connectivity index (χ3v) is 7.44. The van der Waals surface area contributed by atoms with Gasteiger partial charge in [0.25, 0.3) is 0 Å². The van der Waals surface area contributed by atoms with Crippen molar-refractivity contribution in [3.05, 3.63) is 118 Å². The molecule has 0 aliphatic heterocycles. The number of carbonyl (C=O) groups excluding carboxylic acids is 1. The van der Waals surface area contributed by atoms with Crippen LogP contribution in [-0.4, -0.2) is 19.7 Å². The van der Waals surface area contributed by atoms with Gasteiger partial charge in [-0.2, -0.15) is 13.2 Å². The van der Waals surface area contributed by atoms with Crippen molar-refractivity contribution in [2.45, 2.75) is 32.4 Å². The Bertz CT molecular complexity index is 1550. The van der Waals surface area contributed by atoms with Crippen LogP contribution in [0.1, 0.15) is 43.1 Å². The Morgan fingerprint density at radius 1 is 1.10 bits per heavy atom. The molecule has 40 heavy (non-hydrogen) atoms. The second-order valence-electron chi connectivity index (χ2n) is 9.92. The fourth-order valence-electron chi connectivity index (χ4n) is 5.61. The Morgan fingerprint density at radius 2 is 1.85 bits per heavy atom. The average molecular weight is 547 g/mol. The number of alkyl halides is 3. The first-order valence-electron chi connectivity index (χ1n) is 13.0. The molecule has 4 nitrogen and oxygen atoms in total. The molecule has 0 saturated heterocycles. The number of fused-ring (bicyclic) bond motifs is 1. The molecular formula is C33H29F3O4. The van der Waals surface area contributed by atoms with Crippen molar-refractivity contribution >= 4 is 12.0 Å². The molecule has 0 spiro atoms. The number of carbonyl (C=O) groups is 1. The first-order chi connectivity index (χ1) is 19.1. The average Bonchev–Trinajstić information content (AvgIpc) is 3.52. The summed E-state index contributed by atoms with van der Waals surface area (Å²) < 4.78 is 56.3. The van der Waals surface area contributed by atoms with Crippen molar-refractivity contribution < 1.29 is 31.9 Å². The maximum atomic E-state index is 13.2. The zero-order chi connectivity index (χ0) is 28.6. The third-order valence-electron chi connectivity index (χ3n) is 7.44. The van der Waals surface area contributed by atoms with Crippen molar-refractivity contribution in [2.24, 2.45) is 5.92 Å². The number of ether oxygens (including phenoxy) is 2. The minimum atomic E-state index is -4.44. The summed E-state index contributed by atoms with van der Waals surface area (Å²) in [5.74, 6) is 0.781. The van der Waals surface area contributed by atoms with Gasteiger partial charge < -0.3 is 13.9 Å². The van der Waals surface area contributed by atoms with E-state index in [2.05, 4.69) is 6.58 Å². The van der Waals surface area contributed by atoms with E-state index >= 15 is 0 Å². The molecule has 5 rings (SSSR count). The van der Waals surface area contributed by atoms with Crippen LogP contribution in [0.3, 0.4) is 0 Å². The van der Waals surface area contributed by atoms with Gasteiger partial charge in [-0.15, -0.1) is 0 Å². The van der Waals surface area contributed by atoms with Crippen molar-refractivity contribution in [2.75, 3.05) is 13.7 Å². The third kappa shape index (κ3) is 5.16. The van der Waals surface area contributed by atoms with Crippen LogP contribution < -0.4 is 4.74 Å². The second-order valence-corrected chi connectivity index (χ2v) is 9.92.